The van der Waals surface area contributed by atoms with Gasteiger partial charge in [-0.2, -0.15) is 0 Å². The number of hydrogen-bond acceptors (Lipinski definition) is 7. The first-order valence-corrected chi connectivity index (χ1v) is 10.2. The Kier molecular flexibility index (Phi) is 5.71. The van der Waals surface area contributed by atoms with E-state index in [4.69, 9.17) is 15.0 Å². The molecule has 0 aliphatic carbocycles. The van der Waals surface area contributed by atoms with Crippen molar-refractivity contribution < 1.29 is 13.5 Å². The van der Waals surface area contributed by atoms with Crippen LogP contribution in [0.2, 0.25) is 0 Å². The second-order valence-electron chi connectivity index (χ2n) is 6.72. The van der Waals surface area contributed by atoms with Gasteiger partial charge in [0, 0.05) is 11.3 Å². The molecule has 0 radical (unpaired) electrons. The molecule has 0 fully saturated rings. The molecule has 0 spiro atoms. The van der Waals surface area contributed by atoms with Crippen molar-refractivity contribution in [1.29, 1.82) is 0 Å². The molecule has 2 heterocycles. The number of benzene rings is 2. The Balaban J connectivity index is 1.38. The highest BCUT2D eigenvalue weighted by Crippen LogP contribution is 2.25. The van der Waals surface area contributed by atoms with Crippen molar-refractivity contribution >= 4 is 11.8 Å². The number of nitrogens with zero attached hydrogens (tertiary/aromatic N) is 4. The molecule has 2 aromatic heterocycles. The Labute approximate surface area is 177 Å². The highest BCUT2D eigenvalue weighted by Gasteiger charge is 2.14. The van der Waals surface area contributed by atoms with Crippen molar-refractivity contribution in [3.63, 3.8) is 0 Å². The maximum absolute atomic E-state index is 13.1. The first kappa shape index (κ1) is 20.0. The molecule has 0 unspecified atom stereocenters. The number of aryl methyl sites for hydroxylation is 2. The van der Waals surface area contributed by atoms with Crippen LogP contribution in [-0.2, 0) is 12.4 Å². The zero-order valence-corrected chi connectivity index (χ0v) is 17.3. The number of nitrogen functional groups attached to an aromatic ring is 1. The SMILES string of the molecule is Cc1cccc(C)c1OCc1nnc(SCc2coc(-c3ccc(F)cc3)n2)n1N. The van der Waals surface area contributed by atoms with Gasteiger partial charge >= 0.3 is 0 Å². The first-order chi connectivity index (χ1) is 14.5. The summed E-state index contributed by atoms with van der Waals surface area (Å²) < 4.78 is 25.9. The largest absolute Gasteiger partial charge is 0.485 e. The van der Waals surface area contributed by atoms with Gasteiger partial charge in [0.25, 0.3) is 0 Å². The summed E-state index contributed by atoms with van der Waals surface area (Å²) in [6, 6.07) is 12.0. The van der Waals surface area contributed by atoms with E-state index >= 15 is 0 Å². The highest BCUT2D eigenvalue weighted by atomic mass is 32.2. The Hall–Kier alpha value is -3.33. The van der Waals surface area contributed by atoms with Gasteiger partial charge in [0.15, 0.2) is 5.82 Å². The van der Waals surface area contributed by atoms with Crippen LogP contribution < -0.4 is 10.6 Å². The number of halogens is 1. The normalized spacial score (nSPS) is 11.0. The standard InChI is InChI=1S/C21H20FN5O2S/c1-13-4-3-5-14(2)19(13)28-11-18-25-26-21(27(18)23)30-12-17-10-29-20(24-17)15-6-8-16(22)9-7-15/h3-10H,11-12,23H2,1-2H3. The Morgan fingerprint density at radius 2 is 1.83 bits per heavy atom. The van der Waals surface area contributed by atoms with Crippen LogP contribution in [0.5, 0.6) is 5.75 Å². The Bertz CT molecular complexity index is 1140. The third-order valence-electron chi connectivity index (χ3n) is 4.48. The third-order valence-corrected chi connectivity index (χ3v) is 5.46. The molecule has 4 rings (SSSR count). The predicted molar refractivity (Wildman–Crippen MR) is 112 cm³/mol. The molecule has 9 heteroatoms. The van der Waals surface area contributed by atoms with Crippen LogP contribution in [-0.4, -0.2) is 19.9 Å². The van der Waals surface area contributed by atoms with Gasteiger partial charge in [-0.15, -0.1) is 10.2 Å². The topological polar surface area (TPSA) is 92.0 Å². The lowest BCUT2D eigenvalue weighted by atomic mass is 10.1. The second kappa shape index (κ2) is 8.58. The smallest absolute Gasteiger partial charge is 0.226 e. The minimum Gasteiger partial charge on any atom is -0.485 e. The van der Waals surface area contributed by atoms with Crippen LogP contribution in [0.25, 0.3) is 11.5 Å². The maximum Gasteiger partial charge on any atom is 0.226 e. The number of nitrogens with two attached hydrogens (primary N) is 1. The quantitative estimate of drug-likeness (QED) is 0.349. The van der Waals surface area contributed by atoms with E-state index < -0.39 is 0 Å². The molecule has 2 N–H and O–H groups in total. The fraction of sp³-hybridized carbons (Fsp3) is 0.190. The minimum atomic E-state index is -0.305. The lowest BCUT2D eigenvalue weighted by molar-refractivity contribution is 0.288. The van der Waals surface area contributed by atoms with Gasteiger partial charge in [-0.05, 0) is 49.2 Å². The number of ether oxygens (including phenoxy) is 1. The van der Waals surface area contributed by atoms with Gasteiger partial charge in [0.1, 0.15) is 24.4 Å². The van der Waals surface area contributed by atoms with Crippen molar-refractivity contribution in [3.05, 3.63) is 77.2 Å². The number of aromatic nitrogens is 4. The summed E-state index contributed by atoms with van der Waals surface area (Å²) >= 11 is 1.39. The second-order valence-corrected chi connectivity index (χ2v) is 7.66. The molecule has 154 valence electrons. The predicted octanol–water partition coefficient (Wildman–Crippen LogP) is 4.27. The Morgan fingerprint density at radius 1 is 1.10 bits per heavy atom. The number of hydrogen-bond donors (Lipinski definition) is 1. The van der Waals surface area contributed by atoms with E-state index in [9.17, 15) is 4.39 Å². The van der Waals surface area contributed by atoms with Crippen LogP contribution >= 0.6 is 11.8 Å². The van der Waals surface area contributed by atoms with Gasteiger partial charge < -0.3 is 15.0 Å². The average molecular weight is 425 g/mol. The van der Waals surface area contributed by atoms with E-state index in [1.807, 2.05) is 32.0 Å². The lowest BCUT2D eigenvalue weighted by Gasteiger charge is -2.11. The molecule has 30 heavy (non-hydrogen) atoms. The fourth-order valence-corrected chi connectivity index (χ4v) is 3.66. The minimum absolute atomic E-state index is 0.217. The third kappa shape index (κ3) is 4.30. The van der Waals surface area contributed by atoms with Crippen LogP contribution in [0, 0.1) is 19.7 Å². The van der Waals surface area contributed by atoms with Crippen molar-refractivity contribution in [2.24, 2.45) is 0 Å². The van der Waals surface area contributed by atoms with Gasteiger partial charge in [-0.25, -0.2) is 14.1 Å². The van der Waals surface area contributed by atoms with Gasteiger partial charge in [0.05, 0.1) is 5.69 Å². The van der Waals surface area contributed by atoms with Crippen LogP contribution in [0.1, 0.15) is 22.6 Å². The van der Waals surface area contributed by atoms with Crippen molar-refractivity contribution in [1.82, 2.24) is 19.9 Å². The number of rotatable bonds is 7. The first-order valence-electron chi connectivity index (χ1n) is 9.23. The maximum atomic E-state index is 13.1. The molecule has 7 nitrogen and oxygen atoms in total. The molecule has 0 aliphatic heterocycles. The van der Waals surface area contributed by atoms with Crippen molar-refractivity contribution in [3.8, 4) is 17.2 Å². The summed E-state index contributed by atoms with van der Waals surface area (Å²) in [7, 11) is 0. The van der Waals surface area contributed by atoms with E-state index in [-0.39, 0.29) is 12.4 Å². The zero-order chi connectivity index (χ0) is 21.1. The van der Waals surface area contributed by atoms with E-state index in [0.717, 1.165) is 22.6 Å². The van der Waals surface area contributed by atoms with Crippen LogP contribution in [0.3, 0.4) is 0 Å². The van der Waals surface area contributed by atoms with Crippen molar-refractivity contribution in [2.45, 2.75) is 31.4 Å². The van der Waals surface area contributed by atoms with Crippen molar-refractivity contribution in [2.75, 3.05) is 5.84 Å². The average Bonchev–Trinajstić information content (AvgIpc) is 3.34. The van der Waals surface area contributed by atoms with E-state index in [2.05, 4.69) is 15.2 Å². The molecule has 0 saturated carbocycles. The number of para-hydroxylation sites is 1. The number of thioether (sulfide) groups is 1. The fourth-order valence-electron chi connectivity index (χ4n) is 2.90. The van der Waals surface area contributed by atoms with Crippen LogP contribution in [0.15, 0.2) is 58.3 Å². The van der Waals surface area contributed by atoms with Gasteiger partial charge in [-0.1, -0.05) is 30.0 Å². The molecule has 0 bridgehead atoms. The van der Waals surface area contributed by atoms with Gasteiger partial charge in [0.2, 0.25) is 11.0 Å². The highest BCUT2D eigenvalue weighted by molar-refractivity contribution is 7.98. The summed E-state index contributed by atoms with van der Waals surface area (Å²) in [5.41, 5.74) is 3.53. The molecule has 4 aromatic rings. The number of oxazole rings is 1. The summed E-state index contributed by atoms with van der Waals surface area (Å²) in [6.45, 7) is 4.21. The summed E-state index contributed by atoms with van der Waals surface area (Å²) in [4.78, 5) is 4.42. The summed E-state index contributed by atoms with van der Waals surface area (Å²) in [6.07, 6.45) is 1.56. The molecular weight excluding hydrogens is 405 g/mol. The molecule has 0 saturated heterocycles. The van der Waals surface area contributed by atoms with E-state index in [1.54, 1.807) is 18.4 Å². The lowest BCUT2D eigenvalue weighted by Crippen LogP contribution is -2.16. The molecular formula is C21H20FN5O2S. The molecule has 2 aromatic carbocycles. The Morgan fingerprint density at radius 3 is 2.57 bits per heavy atom. The van der Waals surface area contributed by atoms with E-state index in [1.165, 1.54) is 28.6 Å². The monoisotopic (exact) mass is 425 g/mol. The van der Waals surface area contributed by atoms with Gasteiger partial charge in [-0.3, -0.25) is 0 Å². The molecule has 0 atom stereocenters. The summed E-state index contributed by atoms with van der Waals surface area (Å²) in [5, 5.41) is 8.80. The van der Waals surface area contributed by atoms with E-state index in [0.29, 0.717) is 28.2 Å². The summed E-state index contributed by atoms with van der Waals surface area (Å²) in [5.74, 6) is 8.10. The molecule has 0 amide bonds. The zero-order valence-electron chi connectivity index (χ0n) is 16.5. The van der Waals surface area contributed by atoms with Crippen LogP contribution in [0.4, 0.5) is 4.39 Å². The molecule has 0 aliphatic rings.